The number of hydrogen-bond donors (Lipinski definition) is 1. The molecule has 1 aromatic carbocycles. The number of rotatable bonds is 4. The third-order valence-electron chi connectivity index (χ3n) is 3.96. The van der Waals surface area contributed by atoms with E-state index in [-0.39, 0.29) is 12.0 Å². The van der Waals surface area contributed by atoms with Crippen molar-refractivity contribution in [3.05, 3.63) is 42.0 Å². The first kappa shape index (κ1) is 15.4. The number of carbonyl (C=O) groups is 1. The summed E-state index contributed by atoms with van der Waals surface area (Å²) in [6.07, 6.45) is 3.82. The predicted octanol–water partition coefficient (Wildman–Crippen LogP) is 2.10. The zero-order valence-electron chi connectivity index (χ0n) is 13.9. The number of ether oxygens (including phenoxy) is 2. The Morgan fingerprint density at radius 1 is 1.44 bits per heavy atom. The van der Waals surface area contributed by atoms with Gasteiger partial charge in [-0.1, -0.05) is 0 Å². The van der Waals surface area contributed by atoms with E-state index in [0.29, 0.717) is 29.5 Å². The fraction of sp³-hybridized carbons (Fsp3) is 0.294. The molecule has 25 heavy (non-hydrogen) atoms. The second kappa shape index (κ2) is 6.04. The Bertz CT molecular complexity index is 953. The predicted molar refractivity (Wildman–Crippen MR) is 90.1 cm³/mol. The molecule has 1 atom stereocenters. The lowest BCUT2D eigenvalue weighted by atomic mass is 10.1. The van der Waals surface area contributed by atoms with Crippen LogP contribution in [0.15, 0.2) is 30.7 Å². The molecular formula is C17H17N5O3. The molecule has 3 aromatic rings. The van der Waals surface area contributed by atoms with Crippen LogP contribution in [0.1, 0.15) is 29.9 Å². The van der Waals surface area contributed by atoms with E-state index < -0.39 is 0 Å². The van der Waals surface area contributed by atoms with Crippen molar-refractivity contribution < 1.29 is 14.3 Å². The van der Waals surface area contributed by atoms with Gasteiger partial charge in [0.05, 0.1) is 12.3 Å². The third-order valence-corrected chi connectivity index (χ3v) is 3.96. The van der Waals surface area contributed by atoms with Crippen LogP contribution < -0.4 is 14.8 Å². The number of carbonyl (C=O) groups excluding carboxylic acids is 1. The van der Waals surface area contributed by atoms with Gasteiger partial charge in [0.1, 0.15) is 29.6 Å². The van der Waals surface area contributed by atoms with Gasteiger partial charge in [0, 0.05) is 24.2 Å². The van der Waals surface area contributed by atoms with E-state index >= 15 is 0 Å². The SMILES string of the molecule is CCOc1cc2c(cc1NC(=O)c1ccnc3ncnn13)O[C@H](C)C2. The largest absolute Gasteiger partial charge is 0.492 e. The minimum atomic E-state index is -0.329. The molecule has 0 unspecified atom stereocenters. The standard InChI is InChI=1S/C17H17N5O3/c1-3-24-15-7-11-6-10(2)25-14(11)8-12(15)21-16(23)13-4-5-18-17-19-9-20-22(13)17/h4-5,7-10H,3,6H2,1-2H3,(H,21,23)/t10-/m1/s1. The molecule has 1 aliphatic rings. The normalized spacial score (nSPS) is 15.7. The molecule has 1 aliphatic heterocycles. The molecule has 0 spiro atoms. The van der Waals surface area contributed by atoms with Crippen molar-refractivity contribution in [2.45, 2.75) is 26.4 Å². The highest BCUT2D eigenvalue weighted by Gasteiger charge is 2.23. The molecule has 1 amide bonds. The molecule has 0 fully saturated rings. The van der Waals surface area contributed by atoms with Crippen molar-refractivity contribution in [3.63, 3.8) is 0 Å². The van der Waals surface area contributed by atoms with Crippen LogP contribution in [-0.2, 0) is 6.42 Å². The van der Waals surface area contributed by atoms with Crippen molar-refractivity contribution in [2.24, 2.45) is 0 Å². The highest BCUT2D eigenvalue weighted by Crippen LogP contribution is 2.38. The lowest BCUT2D eigenvalue weighted by Crippen LogP contribution is -2.17. The van der Waals surface area contributed by atoms with Gasteiger partial charge in [0.15, 0.2) is 0 Å². The minimum Gasteiger partial charge on any atom is -0.492 e. The van der Waals surface area contributed by atoms with E-state index in [0.717, 1.165) is 17.7 Å². The van der Waals surface area contributed by atoms with Gasteiger partial charge in [0.2, 0.25) is 0 Å². The quantitative estimate of drug-likeness (QED) is 0.783. The molecule has 0 aliphatic carbocycles. The summed E-state index contributed by atoms with van der Waals surface area (Å²) < 4.78 is 12.9. The number of nitrogens with zero attached hydrogens (tertiary/aromatic N) is 4. The number of anilines is 1. The van der Waals surface area contributed by atoms with E-state index in [2.05, 4.69) is 20.4 Å². The van der Waals surface area contributed by atoms with Crippen LogP contribution in [0, 0.1) is 0 Å². The van der Waals surface area contributed by atoms with E-state index in [4.69, 9.17) is 9.47 Å². The lowest BCUT2D eigenvalue weighted by molar-refractivity contribution is 0.101. The first-order chi connectivity index (χ1) is 12.2. The van der Waals surface area contributed by atoms with Crippen molar-refractivity contribution in [1.29, 1.82) is 0 Å². The van der Waals surface area contributed by atoms with E-state index in [9.17, 15) is 4.79 Å². The molecule has 0 bridgehead atoms. The highest BCUT2D eigenvalue weighted by molar-refractivity contribution is 6.04. The number of fused-ring (bicyclic) bond motifs is 2. The fourth-order valence-corrected chi connectivity index (χ4v) is 2.91. The van der Waals surface area contributed by atoms with Crippen molar-refractivity contribution in [1.82, 2.24) is 19.6 Å². The Kier molecular flexibility index (Phi) is 3.72. The number of aromatic nitrogens is 4. The Labute approximate surface area is 143 Å². The zero-order valence-corrected chi connectivity index (χ0v) is 13.9. The third kappa shape index (κ3) is 2.75. The van der Waals surface area contributed by atoms with Gasteiger partial charge in [-0.05, 0) is 26.0 Å². The monoisotopic (exact) mass is 339 g/mol. The van der Waals surface area contributed by atoms with Crippen LogP contribution in [0.5, 0.6) is 11.5 Å². The molecule has 0 radical (unpaired) electrons. The number of benzene rings is 1. The molecule has 8 heteroatoms. The molecule has 3 heterocycles. The topological polar surface area (TPSA) is 90.6 Å². The van der Waals surface area contributed by atoms with E-state index in [1.54, 1.807) is 12.1 Å². The number of amides is 1. The summed E-state index contributed by atoms with van der Waals surface area (Å²) in [5.41, 5.74) is 1.97. The van der Waals surface area contributed by atoms with Gasteiger partial charge < -0.3 is 14.8 Å². The Hall–Kier alpha value is -3.16. The molecule has 0 saturated carbocycles. The van der Waals surface area contributed by atoms with Crippen LogP contribution in [0.4, 0.5) is 5.69 Å². The lowest BCUT2D eigenvalue weighted by Gasteiger charge is -2.13. The summed E-state index contributed by atoms with van der Waals surface area (Å²) in [6.45, 7) is 4.41. The van der Waals surface area contributed by atoms with Crippen LogP contribution in [0.3, 0.4) is 0 Å². The van der Waals surface area contributed by atoms with Gasteiger partial charge in [0.25, 0.3) is 11.7 Å². The maximum Gasteiger partial charge on any atom is 0.274 e. The maximum absolute atomic E-state index is 12.7. The van der Waals surface area contributed by atoms with Crippen molar-refractivity contribution in [2.75, 3.05) is 11.9 Å². The Morgan fingerprint density at radius 3 is 3.16 bits per heavy atom. The summed E-state index contributed by atoms with van der Waals surface area (Å²) in [5.74, 6) is 1.43. The van der Waals surface area contributed by atoms with Crippen LogP contribution in [0.2, 0.25) is 0 Å². The van der Waals surface area contributed by atoms with E-state index in [1.165, 1.54) is 17.0 Å². The Morgan fingerprint density at radius 2 is 2.32 bits per heavy atom. The highest BCUT2D eigenvalue weighted by atomic mass is 16.5. The van der Waals surface area contributed by atoms with Crippen LogP contribution in [-0.4, -0.2) is 38.2 Å². The second-order valence-electron chi connectivity index (χ2n) is 5.78. The zero-order chi connectivity index (χ0) is 17.4. The van der Waals surface area contributed by atoms with Gasteiger partial charge in [-0.3, -0.25) is 4.79 Å². The van der Waals surface area contributed by atoms with Crippen LogP contribution in [0.25, 0.3) is 5.78 Å². The fourth-order valence-electron chi connectivity index (χ4n) is 2.91. The molecule has 1 N–H and O–H groups in total. The minimum absolute atomic E-state index is 0.116. The first-order valence-electron chi connectivity index (χ1n) is 8.08. The summed E-state index contributed by atoms with van der Waals surface area (Å²) in [4.78, 5) is 20.8. The van der Waals surface area contributed by atoms with Crippen molar-refractivity contribution >= 4 is 17.4 Å². The summed E-state index contributed by atoms with van der Waals surface area (Å²) in [7, 11) is 0. The number of hydrogen-bond acceptors (Lipinski definition) is 6. The summed E-state index contributed by atoms with van der Waals surface area (Å²) in [5, 5.41) is 6.91. The summed E-state index contributed by atoms with van der Waals surface area (Å²) in [6, 6.07) is 5.32. The van der Waals surface area contributed by atoms with Gasteiger partial charge in [-0.15, -0.1) is 0 Å². The van der Waals surface area contributed by atoms with Gasteiger partial charge in [-0.25, -0.2) is 4.98 Å². The van der Waals surface area contributed by atoms with Gasteiger partial charge >= 0.3 is 0 Å². The smallest absolute Gasteiger partial charge is 0.274 e. The molecule has 0 saturated heterocycles. The second-order valence-corrected chi connectivity index (χ2v) is 5.78. The molecule has 8 nitrogen and oxygen atoms in total. The first-order valence-corrected chi connectivity index (χ1v) is 8.08. The molecule has 2 aromatic heterocycles. The van der Waals surface area contributed by atoms with E-state index in [1.807, 2.05) is 19.9 Å². The average Bonchev–Trinajstić information content (AvgIpc) is 3.20. The average molecular weight is 339 g/mol. The molecule has 128 valence electrons. The Balaban J connectivity index is 1.69. The maximum atomic E-state index is 12.7. The summed E-state index contributed by atoms with van der Waals surface area (Å²) >= 11 is 0. The molecular weight excluding hydrogens is 322 g/mol. The van der Waals surface area contributed by atoms with Gasteiger partial charge in [-0.2, -0.15) is 14.6 Å². The molecule has 4 rings (SSSR count). The van der Waals surface area contributed by atoms with Crippen LogP contribution >= 0.6 is 0 Å². The number of nitrogens with one attached hydrogen (secondary N) is 1. The van der Waals surface area contributed by atoms with Crippen molar-refractivity contribution in [3.8, 4) is 11.5 Å².